The van der Waals surface area contributed by atoms with Crippen molar-refractivity contribution in [1.82, 2.24) is 9.97 Å². The number of hydrogen-bond donors (Lipinski definition) is 1. The average molecular weight is 339 g/mol. The molecule has 114 valence electrons. The van der Waals surface area contributed by atoms with Crippen LogP contribution in [0.5, 0.6) is 5.75 Å². The number of benzene rings is 2. The number of nitrogens with zero attached hydrogens (tertiary/aromatic N) is 2. The van der Waals surface area contributed by atoms with Gasteiger partial charge in [-0.05, 0) is 36.4 Å². The Kier molecular flexibility index (Phi) is 3.69. The SMILES string of the molecule is COc1ccc(-c2csc(Nc3nc4ccccc4s3)n2)cc1. The lowest BCUT2D eigenvalue weighted by atomic mass is 10.2. The summed E-state index contributed by atoms with van der Waals surface area (Å²) >= 11 is 3.20. The number of nitrogens with one attached hydrogen (secondary N) is 1. The molecule has 2 aromatic heterocycles. The normalized spacial score (nSPS) is 10.8. The molecule has 2 aromatic carbocycles. The quantitative estimate of drug-likeness (QED) is 0.557. The number of para-hydroxylation sites is 1. The molecule has 0 amide bonds. The number of methoxy groups -OCH3 is 1. The van der Waals surface area contributed by atoms with Gasteiger partial charge in [-0.1, -0.05) is 23.5 Å². The van der Waals surface area contributed by atoms with Gasteiger partial charge < -0.3 is 10.1 Å². The van der Waals surface area contributed by atoms with Crippen molar-refractivity contribution in [3.63, 3.8) is 0 Å². The van der Waals surface area contributed by atoms with E-state index >= 15 is 0 Å². The zero-order valence-electron chi connectivity index (χ0n) is 12.3. The van der Waals surface area contributed by atoms with E-state index < -0.39 is 0 Å². The van der Waals surface area contributed by atoms with Crippen LogP contribution in [0, 0.1) is 0 Å². The van der Waals surface area contributed by atoms with Gasteiger partial charge in [-0.2, -0.15) is 0 Å². The second-order valence-electron chi connectivity index (χ2n) is 4.88. The zero-order valence-corrected chi connectivity index (χ0v) is 13.9. The molecular weight excluding hydrogens is 326 g/mol. The Morgan fingerprint density at radius 3 is 2.57 bits per heavy atom. The van der Waals surface area contributed by atoms with Gasteiger partial charge in [0.25, 0.3) is 0 Å². The number of fused-ring (bicyclic) bond motifs is 1. The summed E-state index contributed by atoms with van der Waals surface area (Å²) in [6.45, 7) is 0. The van der Waals surface area contributed by atoms with Crippen LogP contribution in [-0.2, 0) is 0 Å². The molecule has 0 saturated carbocycles. The molecule has 0 fully saturated rings. The summed E-state index contributed by atoms with van der Waals surface area (Å²) < 4.78 is 6.35. The van der Waals surface area contributed by atoms with Crippen molar-refractivity contribution in [2.24, 2.45) is 0 Å². The van der Waals surface area contributed by atoms with E-state index in [-0.39, 0.29) is 0 Å². The van der Waals surface area contributed by atoms with Crippen molar-refractivity contribution in [3.8, 4) is 17.0 Å². The van der Waals surface area contributed by atoms with E-state index in [0.717, 1.165) is 32.8 Å². The van der Waals surface area contributed by atoms with Crippen molar-refractivity contribution < 1.29 is 4.74 Å². The Bertz CT molecular complexity index is 911. The van der Waals surface area contributed by atoms with Gasteiger partial charge in [-0.25, -0.2) is 9.97 Å². The predicted molar refractivity (Wildman–Crippen MR) is 97.0 cm³/mol. The van der Waals surface area contributed by atoms with Crippen LogP contribution in [0.2, 0.25) is 0 Å². The molecule has 23 heavy (non-hydrogen) atoms. The fourth-order valence-corrected chi connectivity index (χ4v) is 3.89. The highest BCUT2D eigenvalue weighted by Gasteiger charge is 2.08. The molecule has 0 aliphatic heterocycles. The minimum Gasteiger partial charge on any atom is -0.497 e. The summed E-state index contributed by atoms with van der Waals surface area (Å²) in [6, 6.07) is 16.0. The second kappa shape index (κ2) is 5.98. The molecule has 4 rings (SSSR count). The lowest BCUT2D eigenvalue weighted by Crippen LogP contribution is -1.88. The van der Waals surface area contributed by atoms with E-state index in [1.54, 1.807) is 29.8 Å². The predicted octanol–water partition coefficient (Wildman–Crippen LogP) is 5.17. The molecule has 6 heteroatoms. The average Bonchev–Trinajstić information content (AvgIpc) is 3.21. The number of aromatic nitrogens is 2. The summed E-state index contributed by atoms with van der Waals surface area (Å²) in [5, 5.41) is 7.04. The number of thiazole rings is 2. The molecule has 0 saturated heterocycles. The first-order valence-electron chi connectivity index (χ1n) is 7.04. The monoisotopic (exact) mass is 339 g/mol. The smallest absolute Gasteiger partial charge is 0.190 e. The molecule has 0 spiro atoms. The molecule has 4 nitrogen and oxygen atoms in total. The summed E-state index contributed by atoms with van der Waals surface area (Å²) in [4.78, 5) is 9.20. The van der Waals surface area contributed by atoms with Crippen molar-refractivity contribution in [1.29, 1.82) is 0 Å². The summed E-state index contributed by atoms with van der Waals surface area (Å²) in [5.41, 5.74) is 3.02. The van der Waals surface area contributed by atoms with Crippen LogP contribution in [0.25, 0.3) is 21.5 Å². The molecule has 0 radical (unpaired) electrons. The number of ether oxygens (including phenoxy) is 1. The first-order chi connectivity index (χ1) is 11.3. The molecular formula is C17H13N3OS2. The van der Waals surface area contributed by atoms with Crippen LogP contribution in [-0.4, -0.2) is 17.1 Å². The minimum absolute atomic E-state index is 0.842. The summed E-state index contributed by atoms with van der Waals surface area (Å²) in [7, 11) is 1.66. The van der Waals surface area contributed by atoms with E-state index in [4.69, 9.17) is 4.74 Å². The minimum atomic E-state index is 0.842. The van der Waals surface area contributed by atoms with Gasteiger partial charge in [0.15, 0.2) is 10.3 Å². The van der Waals surface area contributed by atoms with E-state index in [1.807, 2.05) is 47.8 Å². The van der Waals surface area contributed by atoms with Gasteiger partial charge in [-0.15, -0.1) is 11.3 Å². The first kappa shape index (κ1) is 14.2. The maximum absolute atomic E-state index is 5.18. The van der Waals surface area contributed by atoms with Gasteiger partial charge in [-0.3, -0.25) is 0 Å². The van der Waals surface area contributed by atoms with Crippen molar-refractivity contribution in [3.05, 3.63) is 53.9 Å². The van der Waals surface area contributed by atoms with Crippen LogP contribution in [0.4, 0.5) is 10.3 Å². The van der Waals surface area contributed by atoms with Crippen LogP contribution < -0.4 is 10.1 Å². The van der Waals surface area contributed by atoms with Crippen molar-refractivity contribution in [2.45, 2.75) is 0 Å². The Morgan fingerprint density at radius 1 is 0.957 bits per heavy atom. The third-order valence-electron chi connectivity index (χ3n) is 3.40. The summed E-state index contributed by atoms with van der Waals surface area (Å²) in [5.74, 6) is 0.844. The topological polar surface area (TPSA) is 47.0 Å². The fraction of sp³-hybridized carbons (Fsp3) is 0.0588. The Balaban J connectivity index is 1.57. The van der Waals surface area contributed by atoms with E-state index in [0.29, 0.717) is 0 Å². The second-order valence-corrected chi connectivity index (χ2v) is 6.77. The Hall–Kier alpha value is -2.44. The Labute approximate surface area is 141 Å². The fourth-order valence-electron chi connectivity index (χ4n) is 2.24. The third kappa shape index (κ3) is 2.91. The van der Waals surface area contributed by atoms with E-state index in [2.05, 4.69) is 21.4 Å². The molecule has 0 aliphatic carbocycles. The molecule has 0 bridgehead atoms. The highest BCUT2D eigenvalue weighted by molar-refractivity contribution is 7.22. The van der Waals surface area contributed by atoms with Gasteiger partial charge >= 0.3 is 0 Å². The Morgan fingerprint density at radius 2 is 1.78 bits per heavy atom. The van der Waals surface area contributed by atoms with Gasteiger partial charge in [0.2, 0.25) is 0 Å². The van der Waals surface area contributed by atoms with Crippen molar-refractivity contribution in [2.75, 3.05) is 12.4 Å². The van der Waals surface area contributed by atoms with Crippen LogP contribution in [0.15, 0.2) is 53.9 Å². The third-order valence-corrected chi connectivity index (χ3v) is 5.11. The maximum atomic E-state index is 5.18. The maximum Gasteiger partial charge on any atom is 0.190 e. The number of anilines is 2. The molecule has 4 aromatic rings. The van der Waals surface area contributed by atoms with Crippen LogP contribution in [0.1, 0.15) is 0 Å². The lowest BCUT2D eigenvalue weighted by molar-refractivity contribution is 0.415. The largest absolute Gasteiger partial charge is 0.497 e. The lowest BCUT2D eigenvalue weighted by Gasteiger charge is -2.00. The van der Waals surface area contributed by atoms with Crippen LogP contribution in [0.3, 0.4) is 0 Å². The summed E-state index contributed by atoms with van der Waals surface area (Å²) in [6.07, 6.45) is 0. The molecule has 0 atom stereocenters. The van der Waals surface area contributed by atoms with Gasteiger partial charge in [0, 0.05) is 10.9 Å². The first-order valence-corrected chi connectivity index (χ1v) is 8.74. The highest BCUT2D eigenvalue weighted by Crippen LogP contribution is 2.31. The van der Waals surface area contributed by atoms with Gasteiger partial charge in [0.05, 0.1) is 23.0 Å². The highest BCUT2D eigenvalue weighted by atomic mass is 32.1. The molecule has 1 N–H and O–H groups in total. The molecule has 0 unspecified atom stereocenters. The van der Waals surface area contributed by atoms with Crippen molar-refractivity contribution >= 4 is 43.2 Å². The van der Waals surface area contributed by atoms with E-state index in [9.17, 15) is 0 Å². The number of hydrogen-bond acceptors (Lipinski definition) is 6. The molecule has 0 aliphatic rings. The van der Waals surface area contributed by atoms with E-state index in [1.165, 1.54) is 4.70 Å². The standard InChI is InChI=1S/C17H13N3OS2/c1-21-12-8-6-11(7-9-12)14-10-22-16(19-14)20-17-18-13-4-2-3-5-15(13)23-17/h2-10H,1H3,(H,18,19,20). The van der Waals surface area contributed by atoms with Gasteiger partial charge in [0.1, 0.15) is 5.75 Å². The molecule has 2 heterocycles. The number of rotatable bonds is 4. The zero-order chi connectivity index (χ0) is 15.6. The van der Waals surface area contributed by atoms with Crippen LogP contribution >= 0.6 is 22.7 Å².